The average Bonchev–Trinajstić information content (AvgIpc) is 3.33. The predicted molar refractivity (Wildman–Crippen MR) is 133 cm³/mol. The molecule has 2 aromatic carbocycles. The second kappa shape index (κ2) is 13.7. The summed E-state index contributed by atoms with van der Waals surface area (Å²) in [5.74, 6) is 0.269. The molecule has 194 valence electrons. The number of hydrogen-bond donors (Lipinski definition) is 1. The number of carboxylic acids is 1. The van der Waals surface area contributed by atoms with Crippen LogP contribution in [0.1, 0.15) is 36.2 Å². The zero-order chi connectivity index (χ0) is 27.4. The molecule has 0 bridgehead atoms. The van der Waals surface area contributed by atoms with E-state index in [0.29, 0.717) is 22.8 Å². The van der Waals surface area contributed by atoms with Crippen LogP contribution in [0.4, 0.5) is 11.4 Å². The van der Waals surface area contributed by atoms with E-state index in [0.717, 1.165) is 18.9 Å². The van der Waals surface area contributed by atoms with Gasteiger partial charge in [-0.3, -0.25) is 20.2 Å². The van der Waals surface area contributed by atoms with E-state index >= 15 is 0 Å². The van der Waals surface area contributed by atoms with Gasteiger partial charge in [0.2, 0.25) is 0 Å². The number of ether oxygens (including phenoxy) is 2. The van der Waals surface area contributed by atoms with E-state index in [1.807, 2.05) is 6.92 Å². The van der Waals surface area contributed by atoms with Crippen LogP contribution in [0, 0.1) is 20.2 Å². The number of carbonyl (C=O) groups is 1. The third kappa shape index (κ3) is 8.58. The Morgan fingerprint density at radius 3 is 1.97 bits per heavy atom. The van der Waals surface area contributed by atoms with Crippen molar-refractivity contribution in [3.05, 3.63) is 85.5 Å². The van der Waals surface area contributed by atoms with Gasteiger partial charge in [-0.2, -0.15) is 4.98 Å². The Balaban J connectivity index is 0.000000271. The Labute approximate surface area is 210 Å². The molecular formula is C24H24N4O9. The topological polar surface area (TPSA) is 181 Å². The van der Waals surface area contributed by atoms with Crippen LogP contribution in [0.2, 0.25) is 0 Å². The highest BCUT2D eigenvalue weighted by molar-refractivity contribution is 5.85. The Hall–Kier alpha value is -5.07. The number of aliphatic carboxylic acids is 1. The van der Waals surface area contributed by atoms with Crippen LogP contribution in [-0.2, 0) is 11.2 Å². The summed E-state index contributed by atoms with van der Waals surface area (Å²) >= 11 is 0. The van der Waals surface area contributed by atoms with Gasteiger partial charge in [-0.05, 0) is 41.8 Å². The van der Waals surface area contributed by atoms with Gasteiger partial charge in [0.05, 0.1) is 24.1 Å². The average molecular weight is 512 g/mol. The number of carboxylic acid groups (broad SMARTS) is 1. The van der Waals surface area contributed by atoms with E-state index in [1.54, 1.807) is 24.3 Å². The molecule has 0 spiro atoms. The molecule has 0 unspecified atom stereocenters. The van der Waals surface area contributed by atoms with E-state index in [9.17, 15) is 25.0 Å². The number of aromatic nitrogens is 2. The number of nitrogens with zero attached hydrogens (tertiary/aromatic N) is 4. The summed E-state index contributed by atoms with van der Waals surface area (Å²) in [6.45, 7) is 2.03. The van der Waals surface area contributed by atoms with Crippen LogP contribution in [0.25, 0.3) is 18.2 Å². The Morgan fingerprint density at radius 2 is 1.51 bits per heavy atom. The van der Waals surface area contributed by atoms with Crippen LogP contribution in [-0.4, -0.2) is 45.3 Å². The van der Waals surface area contributed by atoms with Gasteiger partial charge in [0.15, 0.2) is 17.3 Å². The van der Waals surface area contributed by atoms with Crippen molar-refractivity contribution in [1.82, 2.24) is 10.1 Å². The van der Waals surface area contributed by atoms with Gasteiger partial charge in [0, 0.05) is 30.7 Å². The monoisotopic (exact) mass is 512 g/mol. The van der Waals surface area contributed by atoms with Crippen molar-refractivity contribution < 1.29 is 33.7 Å². The molecule has 1 N–H and O–H groups in total. The number of rotatable bonds is 10. The molecule has 37 heavy (non-hydrogen) atoms. The van der Waals surface area contributed by atoms with Crippen molar-refractivity contribution in [2.75, 3.05) is 14.2 Å². The first-order valence-electron chi connectivity index (χ1n) is 10.7. The predicted octanol–water partition coefficient (Wildman–Crippen LogP) is 4.81. The molecule has 1 heterocycles. The molecule has 13 nitrogen and oxygen atoms in total. The lowest BCUT2D eigenvalue weighted by Crippen LogP contribution is -1.94. The van der Waals surface area contributed by atoms with Gasteiger partial charge in [0.1, 0.15) is 0 Å². The number of benzene rings is 2. The van der Waals surface area contributed by atoms with Gasteiger partial charge >= 0.3 is 17.3 Å². The standard InChI is InChI=1S/C14H15N3O4.C10H9NO5/c1-3-4-13-15-14(21-16-13)8-6-10-5-7-12(20-2)11(9-10)17(18)19;1-16-9-4-2-7(3-5-10(12)13)6-8(9)11(14)15/h5-9H,3-4H2,1-2H3;2-6H,1H3,(H,12,13). The van der Waals surface area contributed by atoms with Crippen molar-refractivity contribution in [2.24, 2.45) is 0 Å². The van der Waals surface area contributed by atoms with Crippen molar-refractivity contribution in [3.8, 4) is 11.5 Å². The molecule has 0 atom stereocenters. The van der Waals surface area contributed by atoms with Crippen molar-refractivity contribution in [2.45, 2.75) is 19.8 Å². The second-order valence-corrected chi connectivity index (χ2v) is 7.18. The fourth-order valence-electron chi connectivity index (χ4n) is 2.90. The van der Waals surface area contributed by atoms with E-state index in [2.05, 4.69) is 10.1 Å². The van der Waals surface area contributed by atoms with Crippen LogP contribution in [0.3, 0.4) is 0 Å². The minimum Gasteiger partial charge on any atom is -0.490 e. The van der Waals surface area contributed by atoms with E-state index in [4.69, 9.17) is 19.1 Å². The highest BCUT2D eigenvalue weighted by Crippen LogP contribution is 2.29. The summed E-state index contributed by atoms with van der Waals surface area (Å²) < 4.78 is 14.8. The minimum absolute atomic E-state index is 0.0862. The molecular weight excluding hydrogens is 488 g/mol. The molecule has 3 aromatic rings. The lowest BCUT2D eigenvalue weighted by atomic mass is 10.1. The summed E-state index contributed by atoms with van der Waals surface area (Å²) in [4.78, 5) is 35.0. The smallest absolute Gasteiger partial charge is 0.328 e. The number of nitro groups is 2. The largest absolute Gasteiger partial charge is 0.490 e. The van der Waals surface area contributed by atoms with Gasteiger partial charge in [-0.25, -0.2) is 4.79 Å². The first-order valence-corrected chi connectivity index (χ1v) is 10.7. The first kappa shape index (κ1) is 28.2. The lowest BCUT2D eigenvalue weighted by molar-refractivity contribution is -0.385. The lowest BCUT2D eigenvalue weighted by Gasteiger charge is -2.01. The van der Waals surface area contributed by atoms with Gasteiger partial charge in [-0.15, -0.1) is 0 Å². The van der Waals surface area contributed by atoms with E-state index in [1.165, 1.54) is 44.6 Å². The third-order valence-electron chi connectivity index (χ3n) is 4.59. The first-order chi connectivity index (χ1) is 17.7. The molecule has 0 aliphatic heterocycles. The van der Waals surface area contributed by atoms with Gasteiger partial charge < -0.3 is 19.1 Å². The molecule has 13 heteroatoms. The van der Waals surface area contributed by atoms with Gasteiger partial charge in [0.25, 0.3) is 5.89 Å². The number of methoxy groups -OCH3 is 2. The molecule has 0 amide bonds. The van der Waals surface area contributed by atoms with Crippen LogP contribution >= 0.6 is 0 Å². The van der Waals surface area contributed by atoms with Crippen LogP contribution < -0.4 is 9.47 Å². The zero-order valence-corrected chi connectivity index (χ0v) is 20.2. The Bertz CT molecular complexity index is 1320. The van der Waals surface area contributed by atoms with E-state index in [-0.39, 0.29) is 22.9 Å². The highest BCUT2D eigenvalue weighted by atomic mass is 16.6. The maximum Gasteiger partial charge on any atom is 0.328 e. The fraction of sp³-hybridized carbons (Fsp3) is 0.208. The SMILES string of the molecule is CCCc1noc(C=Cc2ccc(OC)c([N+](=O)[O-])c2)n1.COc1ccc(C=CC(=O)O)cc1[N+](=O)[O-]. The number of hydrogen-bond acceptors (Lipinski definition) is 10. The van der Waals surface area contributed by atoms with Crippen LogP contribution in [0.5, 0.6) is 11.5 Å². The third-order valence-corrected chi connectivity index (χ3v) is 4.59. The van der Waals surface area contributed by atoms with E-state index < -0.39 is 15.8 Å². The van der Waals surface area contributed by atoms with Gasteiger partial charge in [-0.1, -0.05) is 24.2 Å². The van der Waals surface area contributed by atoms with Crippen LogP contribution in [0.15, 0.2) is 47.0 Å². The van der Waals surface area contributed by atoms with Crippen molar-refractivity contribution >= 4 is 35.6 Å². The molecule has 3 rings (SSSR count). The highest BCUT2D eigenvalue weighted by Gasteiger charge is 2.15. The molecule has 1 aromatic heterocycles. The Kier molecular flexibility index (Phi) is 10.4. The summed E-state index contributed by atoms with van der Waals surface area (Å²) in [6, 6.07) is 8.89. The number of aryl methyl sites for hydroxylation is 1. The molecule has 0 radical (unpaired) electrons. The molecule has 0 saturated carbocycles. The maximum atomic E-state index is 10.9. The normalized spacial score (nSPS) is 10.7. The molecule has 0 saturated heterocycles. The second-order valence-electron chi connectivity index (χ2n) is 7.18. The zero-order valence-electron chi connectivity index (χ0n) is 20.2. The fourth-order valence-corrected chi connectivity index (χ4v) is 2.90. The van der Waals surface area contributed by atoms with Crippen molar-refractivity contribution in [3.63, 3.8) is 0 Å². The molecule has 0 aliphatic carbocycles. The summed E-state index contributed by atoms with van der Waals surface area (Å²) in [5.41, 5.74) is 0.791. The summed E-state index contributed by atoms with van der Waals surface area (Å²) in [5, 5.41) is 33.8. The Morgan fingerprint density at radius 1 is 0.973 bits per heavy atom. The molecule has 0 fully saturated rings. The minimum atomic E-state index is -1.11. The summed E-state index contributed by atoms with van der Waals surface area (Å²) in [6.07, 6.45) is 7.17. The molecule has 0 aliphatic rings. The maximum absolute atomic E-state index is 10.9. The quantitative estimate of drug-likeness (QED) is 0.223. The van der Waals surface area contributed by atoms with Crippen molar-refractivity contribution in [1.29, 1.82) is 0 Å². The number of nitro benzene ring substituents is 2. The summed E-state index contributed by atoms with van der Waals surface area (Å²) in [7, 11) is 2.72.